The molecule has 5 rings (SSSR count). The zero-order valence-electron chi connectivity index (χ0n) is 20.2. The lowest BCUT2D eigenvalue weighted by atomic mass is 10.0. The van der Waals surface area contributed by atoms with Crippen LogP contribution in [0.15, 0.2) is 50.3 Å². The topological polar surface area (TPSA) is 236 Å². The summed E-state index contributed by atoms with van der Waals surface area (Å²) in [6.07, 6.45) is 2.49. The molecule has 5 heterocycles. The molecule has 0 aromatic carbocycles. The number of anilines is 1. The van der Waals surface area contributed by atoms with E-state index in [2.05, 4.69) is 26.0 Å². The highest BCUT2D eigenvalue weighted by Crippen LogP contribution is 2.41. The number of carboxylic acids is 2. The normalized spacial score (nSPS) is 22.1. The van der Waals surface area contributed by atoms with Gasteiger partial charge in [0.2, 0.25) is 5.88 Å². The van der Waals surface area contributed by atoms with E-state index in [0.29, 0.717) is 5.57 Å². The van der Waals surface area contributed by atoms with Crippen LogP contribution in [-0.4, -0.2) is 100 Å². The number of nitrogens with zero attached hydrogens (tertiary/aromatic N) is 6. The van der Waals surface area contributed by atoms with Gasteiger partial charge in [0, 0.05) is 23.1 Å². The van der Waals surface area contributed by atoms with Gasteiger partial charge in [0.05, 0.1) is 6.20 Å². The Bertz CT molecular complexity index is 1470. The summed E-state index contributed by atoms with van der Waals surface area (Å²) in [5.41, 5.74) is 8.20. The summed E-state index contributed by atoms with van der Waals surface area (Å²) in [6, 6.07) is -1.00. The molecule has 1 fully saturated rings. The van der Waals surface area contributed by atoms with Crippen molar-refractivity contribution in [1.82, 2.24) is 30.2 Å². The zero-order chi connectivity index (χ0) is 28.7. The summed E-state index contributed by atoms with van der Waals surface area (Å²) >= 11 is 3.47. The van der Waals surface area contributed by atoms with Crippen molar-refractivity contribution in [3.05, 3.63) is 45.8 Å². The number of hydrogen-bond acceptors (Lipinski definition) is 16. The number of carbonyl (C=O) groups excluding carboxylic acids is 2. The molecule has 0 saturated carbocycles. The van der Waals surface area contributed by atoms with Crippen LogP contribution in [0.2, 0.25) is 0 Å². The summed E-state index contributed by atoms with van der Waals surface area (Å²) in [7, 11) is 1.25. The molecule has 0 bridgehead atoms. The van der Waals surface area contributed by atoms with Crippen molar-refractivity contribution in [1.29, 1.82) is 0 Å². The number of hydrazine groups is 2. The summed E-state index contributed by atoms with van der Waals surface area (Å²) in [5, 5.41) is 37.7. The van der Waals surface area contributed by atoms with Gasteiger partial charge in [0.1, 0.15) is 35.5 Å². The lowest BCUT2D eigenvalue weighted by Crippen LogP contribution is -2.71. The molecule has 40 heavy (non-hydrogen) atoms. The molecule has 7 N–H and O–H groups in total. The van der Waals surface area contributed by atoms with E-state index in [9.17, 15) is 29.4 Å². The maximum atomic E-state index is 13.0. The number of rotatable bonds is 9. The molecule has 210 valence electrons. The van der Waals surface area contributed by atoms with Gasteiger partial charge in [-0.3, -0.25) is 14.5 Å². The Morgan fingerprint density at radius 2 is 2.12 bits per heavy atom. The fourth-order valence-corrected chi connectivity index (χ4v) is 6.82. The molecule has 17 nitrogen and oxygen atoms in total. The number of hydrogen-bond donors (Lipinski definition) is 6. The van der Waals surface area contributed by atoms with Crippen molar-refractivity contribution >= 4 is 75.9 Å². The number of oxime groups is 1. The molecule has 0 spiro atoms. The molecule has 4 aliphatic heterocycles. The first-order valence-corrected chi connectivity index (χ1v) is 13.9. The number of carbonyl (C=O) groups is 4. The van der Waals surface area contributed by atoms with E-state index in [1.165, 1.54) is 34.9 Å². The highest BCUT2D eigenvalue weighted by Gasteiger charge is 2.54. The van der Waals surface area contributed by atoms with Gasteiger partial charge in [0.15, 0.2) is 16.7 Å². The molecule has 1 aromatic heterocycles. The lowest BCUT2D eigenvalue weighted by molar-refractivity contribution is -0.150. The highest BCUT2D eigenvalue weighted by molar-refractivity contribution is 8.00. The Labute approximate surface area is 236 Å². The van der Waals surface area contributed by atoms with E-state index in [1.807, 2.05) is 0 Å². The monoisotopic (exact) mass is 609 g/mol. The quantitative estimate of drug-likeness (QED) is 0.0873. The van der Waals surface area contributed by atoms with Crippen LogP contribution < -0.4 is 16.6 Å². The number of thiazole rings is 1. The fourth-order valence-electron chi connectivity index (χ4n) is 3.96. The largest absolute Gasteiger partial charge is 0.493 e. The van der Waals surface area contributed by atoms with Crippen LogP contribution >= 0.6 is 35.0 Å². The smallest absolute Gasteiger partial charge is 0.352 e. The Morgan fingerprint density at radius 1 is 1.35 bits per heavy atom. The van der Waals surface area contributed by atoms with Gasteiger partial charge in [-0.05, 0) is 17.5 Å². The Balaban J connectivity index is 1.26. The molecule has 0 radical (unpaired) electrons. The summed E-state index contributed by atoms with van der Waals surface area (Å²) in [4.78, 5) is 63.2. The van der Waals surface area contributed by atoms with E-state index in [-0.39, 0.29) is 39.6 Å². The Morgan fingerprint density at radius 3 is 2.77 bits per heavy atom. The van der Waals surface area contributed by atoms with E-state index < -0.39 is 46.6 Å². The highest BCUT2D eigenvalue weighted by atomic mass is 32.2. The first-order chi connectivity index (χ1) is 19.1. The average Bonchev–Trinajstić information content (AvgIpc) is 3.54. The third-order valence-electron chi connectivity index (χ3n) is 5.75. The molecule has 2 amide bonds. The van der Waals surface area contributed by atoms with Gasteiger partial charge in [-0.25, -0.2) is 29.0 Å². The van der Waals surface area contributed by atoms with Crippen LogP contribution in [0.25, 0.3) is 0 Å². The van der Waals surface area contributed by atoms with Gasteiger partial charge in [-0.1, -0.05) is 5.16 Å². The molecule has 0 aliphatic carbocycles. The third-order valence-corrected chi connectivity index (χ3v) is 8.70. The number of β-lactam (4-membered cyclic amide) rings is 1. The second kappa shape index (κ2) is 10.7. The van der Waals surface area contributed by atoms with Crippen LogP contribution in [0.4, 0.5) is 5.13 Å². The zero-order valence-corrected chi connectivity index (χ0v) is 22.6. The maximum Gasteiger partial charge on any atom is 0.352 e. The van der Waals surface area contributed by atoms with Gasteiger partial charge >= 0.3 is 11.9 Å². The van der Waals surface area contributed by atoms with Crippen LogP contribution in [0.3, 0.4) is 0 Å². The molecule has 20 heteroatoms. The number of aromatic nitrogens is 1. The lowest BCUT2D eigenvalue weighted by Gasteiger charge is -2.49. The number of nitrogens with two attached hydrogens (primary N) is 1. The number of aliphatic hydroxyl groups excluding tert-OH is 1. The number of aliphatic imine (C=N–C) groups is 1. The predicted molar refractivity (Wildman–Crippen MR) is 143 cm³/mol. The average molecular weight is 610 g/mol. The van der Waals surface area contributed by atoms with Crippen molar-refractivity contribution in [2.45, 2.75) is 11.4 Å². The maximum absolute atomic E-state index is 13.0. The second-order valence-electron chi connectivity index (χ2n) is 8.13. The van der Waals surface area contributed by atoms with Gasteiger partial charge in [0.25, 0.3) is 11.8 Å². The molecule has 2 atom stereocenters. The summed E-state index contributed by atoms with van der Waals surface area (Å²) < 4.78 is 1.42. The predicted octanol–water partition coefficient (Wildman–Crippen LogP) is -0.763. The van der Waals surface area contributed by atoms with Gasteiger partial charge in [-0.15, -0.1) is 28.6 Å². The fraction of sp³-hybridized carbons (Fsp3) is 0.250. The number of aliphatic carboxylic acids is 2. The van der Waals surface area contributed by atoms with Crippen LogP contribution in [0.1, 0.15) is 5.69 Å². The molecule has 0 unspecified atom stereocenters. The van der Waals surface area contributed by atoms with Crippen LogP contribution in [0, 0.1) is 0 Å². The molecule has 1 aromatic rings. The minimum absolute atomic E-state index is 0.128. The first-order valence-electron chi connectivity index (χ1n) is 11.0. The Hall–Kier alpha value is -4.27. The third kappa shape index (κ3) is 4.80. The molecular weight excluding hydrogens is 590 g/mol. The minimum atomic E-state index is -1.36. The van der Waals surface area contributed by atoms with Crippen LogP contribution in [-0.2, 0) is 24.0 Å². The summed E-state index contributed by atoms with van der Waals surface area (Å²) in [5.74, 6) is -3.97. The summed E-state index contributed by atoms with van der Waals surface area (Å²) in [6.45, 7) is 0. The van der Waals surface area contributed by atoms with E-state index in [4.69, 9.17) is 15.7 Å². The van der Waals surface area contributed by atoms with Crippen molar-refractivity contribution in [3.8, 4) is 0 Å². The molecule has 1 saturated heterocycles. The number of thioether (sulfide) groups is 1. The second-order valence-corrected chi connectivity index (χ2v) is 11.1. The van der Waals surface area contributed by atoms with Crippen LogP contribution in [0.5, 0.6) is 0 Å². The van der Waals surface area contributed by atoms with E-state index >= 15 is 0 Å². The standard InChI is InChI=1S/C20H19N9O8S3/c1-37-25-11(9-6-39-20(21)23-9)14(30)24-12-16(32)28-13(19(35)36)7(4-38-17(12)28)5-40-27-3-10-22-2-8(18(33)34)15(31)29(10)26-27/h2-3,6,12,17,26,31H,4-5H2,1H3,(H2,21,23)(H,24,30)(H,33,34)(H,35,36)/t12-,17-/m1/s1. The first kappa shape index (κ1) is 27.3. The molecule has 4 aliphatic rings. The number of carboxylic acid groups (broad SMARTS) is 2. The van der Waals surface area contributed by atoms with Crippen molar-refractivity contribution in [3.63, 3.8) is 0 Å². The number of fused-ring (bicyclic) bond motifs is 2. The van der Waals surface area contributed by atoms with Crippen molar-refractivity contribution in [2.24, 2.45) is 10.1 Å². The van der Waals surface area contributed by atoms with E-state index in [0.717, 1.165) is 39.4 Å². The SMILES string of the molecule is CON=C(C(=O)N[C@@H]1C(=O)N2C(C(=O)O)=C(CSN3C=C4N=CC(C(=O)O)=C(O)N4N3)CS[C@H]12)c1csc(N)n1. The van der Waals surface area contributed by atoms with Gasteiger partial charge in [-0.2, -0.15) is 0 Å². The minimum Gasteiger partial charge on any atom is -0.493 e. The number of amides is 2. The Kier molecular flexibility index (Phi) is 7.31. The number of nitrogens with one attached hydrogen (secondary N) is 2. The van der Waals surface area contributed by atoms with Crippen molar-refractivity contribution < 1.29 is 39.3 Å². The molecular formula is C20H19N9O8S3. The van der Waals surface area contributed by atoms with Gasteiger partial charge < -0.3 is 31.2 Å². The van der Waals surface area contributed by atoms with E-state index in [1.54, 1.807) is 0 Å². The number of nitrogen functional groups attached to an aromatic ring is 1. The van der Waals surface area contributed by atoms with Crippen molar-refractivity contribution in [2.75, 3.05) is 24.3 Å². The number of aliphatic hydroxyl groups is 1.